The lowest BCUT2D eigenvalue weighted by molar-refractivity contribution is 0.479. The van der Waals surface area contributed by atoms with E-state index in [1.54, 1.807) is 0 Å². The van der Waals surface area contributed by atoms with Gasteiger partial charge in [-0.15, -0.1) is 0 Å². The minimum Gasteiger partial charge on any atom is -0.366 e. The molecule has 1 nitrogen and oxygen atoms in total. The minimum absolute atomic E-state index is 0.229. The Morgan fingerprint density at radius 2 is 1.86 bits per heavy atom. The second-order valence-electron chi connectivity index (χ2n) is 6.04. The van der Waals surface area contributed by atoms with E-state index >= 15 is 0 Å². The zero-order valence-electron chi connectivity index (χ0n) is 12.4. The second-order valence-corrected chi connectivity index (χ2v) is 6.85. The first-order valence-electron chi connectivity index (χ1n) is 7.32. The summed E-state index contributed by atoms with van der Waals surface area (Å²) in [6, 6.07) is 14.6. The summed E-state index contributed by atoms with van der Waals surface area (Å²) in [7, 11) is 0. The van der Waals surface area contributed by atoms with E-state index in [1.165, 1.54) is 16.8 Å². The number of anilines is 1. The molecule has 1 unspecified atom stereocenters. The molecule has 1 aliphatic heterocycles. The van der Waals surface area contributed by atoms with Crippen LogP contribution in [0, 0.1) is 0 Å². The van der Waals surface area contributed by atoms with Gasteiger partial charge < -0.3 is 4.90 Å². The summed E-state index contributed by atoms with van der Waals surface area (Å²) in [6.45, 7) is 6.52. The molecule has 1 aliphatic rings. The molecule has 0 spiro atoms. The number of hydrogen-bond acceptors (Lipinski definition) is 1. The fourth-order valence-electron chi connectivity index (χ4n) is 3.15. The maximum atomic E-state index is 6.13. The SMILES string of the molecule is CCC1(C)CN(Cc2ccc(Cl)c(Cl)c2)c2ccccc21. The zero-order valence-corrected chi connectivity index (χ0v) is 13.9. The molecule has 0 aromatic heterocycles. The third-order valence-electron chi connectivity index (χ3n) is 4.57. The van der Waals surface area contributed by atoms with Gasteiger partial charge in [0.15, 0.2) is 0 Å². The highest BCUT2D eigenvalue weighted by molar-refractivity contribution is 6.42. The van der Waals surface area contributed by atoms with E-state index in [0.717, 1.165) is 19.5 Å². The van der Waals surface area contributed by atoms with E-state index in [2.05, 4.69) is 49.1 Å². The molecule has 110 valence electrons. The van der Waals surface area contributed by atoms with E-state index in [0.29, 0.717) is 10.0 Å². The van der Waals surface area contributed by atoms with Crippen LogP contribution in [-0.4, -0.2) is 6.54 Å². The summed E-state index contributed by atoms with van der Waals surface area (Å²) in [5.41, 5.74) is 4.22. The molecule has 21 heavy (non-hydrogen) atoms. The van der Waals surface area contributed by atoms with Gasteiger partial charge in [0.1, 0.15) is 0 Å². The van der Waals surface area contributed by atoms with E-state index in [4.69, 9.17) is 23.2 Å². The molecule has 3 rings (SSSR count). The Morgan fingerprint density at radius 3 is 2.57 bits per heavy atom. The van der Waals surface area contributed by atoms with Crippen molar-refractivity contribution >= 4 is 28.9 Å². The van der Waals surface area contributed by atoms with Gasteiger partial charge in [0.2, 0.25) is 0 Å². The van der Waals surface area contributed by atoms with Crippen LogP contribution in [0.3, 0.4) is 0 Å². The van der Waals surface area contributed by atoms with Crippen LogP contribution in [0.1, 0.15) is 31.4 Å². The third-order valence-corrected chi connectivity index (χ3v) is 5.31. The van der Waals surface area contributed by atoms with Gasteiger partial charge in [0.05, 0.1) is 10.0 Å². The molecule has 1 atom stereocenters. The van der Waals surface area contributed by atoms with Gasteiger partial charge in [-0.1, -0.05) is 61.3 Å². The summed E-state index contributed by atoms with van der Waals surface area (Å²) in [5.74, 6) is 0. The van der Waals surface area contributed by atoms with Crippen LogP contribution < -0.4 is 4.90 Å². The number of hydrogen-bond donors (Lipinski definition) is 0. The number of para-hydroxylation sites is 1. The topological polar surface area (TPSA) is 3.24 Å². The van der Waals surface area contributed by atoms with Crippen LogP contribution in [-0.2, 0) is 12.0 Å². The van der Waals surface area contributed by atoms with Crippen molar-refractivity contribution in [2.24, 2.45) is 0 Å². The standard InChI is InChI=1S/C18H19Cl2N/c1-3-18(2)12-21(17-7-5-4-6-14(17)18)11-13-8-9-15(19)16(20)10-13/h4-10H,3,11-12H2,1-2H3. The molecule has 2 aromatic carbocycles. The molecule has 0 saturated carbocycles. The molecule has 0 saturated heterocycles. The first kappa shape index (κ1) is 14.7. The Balaban J connectivity index is 1.92. The van der Waals surface area contributed by atoms with Crippen molar-refractivity contribution in [1.29, 1.82) is 0 Å². The fraction of sp³-hybridized carbons (Fsp3) is 0.333. The van der Waals surface area contributed by atoms with E-state index in [9.17, 15) is 0 Å². The number of halogens is 2. The Labute approximate surface area is 136 Å². The van der Waals surface area contributed by atoms with E-state index in [1.807, 2.05) is 12.1 Å². The lowest BCUT2D eigenvalue weighted by atomic mass is 9.82. The van der Waals surface area contributed by atoms with E-state index < -0.39 is 0 Å². The summed E-state index contributed by atoms with van der Waals surface area (Å²) >= 11 is 12.1. The predicted molar refractivity (Wildman–Crippen MR) is 91.6 cm³/mol. The van der Waals surface area contributed by atoms with Crippen LogP contribution >= 0.6 is 23.2 Å². The summed E-state index contributed by atoms with van der Waals surface area (Å²) in [6.07, 6.45) is 1.14. The van der Waals surface area contributed by atoms with Crippen LogP contribution in [0.5, 0.6) is 0 Å². The highest BCUT2D eigenvalue weighted by Gasteiger charge is 2.36. The molecule has 0 fully saturated rings. The lowest BCUT2D eigenvalue weighted by Crippen LogP contribution is -2.30. The Kier molecular flexibility index (Phi) is 3.90. The average molecular weight is 320 g/mol. The van der Waals surface area contributed by atoms with E-state index in [-0.39, 0.29) is 5.41 Å². The molecule has 0 radical (unpaired) electrons. The van der Waals surface area contributed by atoms with Crippen LogP contribution in [0.15, 0.2) is 42.5 Å². The third kappa shape index (κ3) is 2.65. The van der Waals surface area contributed by atoms with Gasteiger partial charge in [-0.05, 0) is 35.7 Å². The highest BCUT2D eigenvalue weighted by atomic mass is 35.5. The maximum absolute atomic E-state index is 6.13. The van der Waals surface area contributed by atoms with Crippen LogP contribution in [0.4, 0.5) is 5.69 Å². The molecule has 1 heterocycles. The first-order chi connectivity index (χ1) is 10.0. The van der Waals surface area contributed by atoms with Gasteiger partial charge in [-0.3, -0.25) is 0 Å². The Morgan fingerprint density at radius 1 is 1.10 bits per heavy atom. The first-order valence-corrected chi connectivity index (χ1v) is 8.07. The highest BCUT2D eigenvalue weighted by Crippen LogP contribution is 2.43. The van der Waals surface area contributed by atoms with Gasteiger partial charge in [0, 0.05) is 24.2 Å². The van der Waals surface area contributed by atoms with Gasteiger partial charge in [-0.25, -0.2) is 0 Å². The number of rotatable bonds is 3. The number of fused-ring (bicyclic) bond motifs is 1. The second kappa shape index (κ2) is 5.55. The van der Waals surface area contributed by atoms with Gasteiger partial charge in [-0.2, -0.15) is 0 Å². The molecule has 0 amide bonds. The maximum Gasteiger partial charge on any atom is 0.0595 e. The Hall–Kier alpha value is -1.18. The monoisotopic (exact) mass is 319 g/mol. The van der Waals surface area contributed by atoms with Crippen molar-refractivity contribution < 1.29 is 0 Å². The molecule has 2 aromatic rings. The van der Waals surface area contributed by atoms with Gasteiger partial charge >= 0.3 is 0 Å². The van der Waals surface area contributed by atoms with Crippen molar-refractivity contribution in [1.82, 2.24) is 0 Å². The summed E-state index contributed by atoms with van der Waals surface area (Å²) < 4.78 is 0. The van der Waals surface area contributed by atoms with Crippen molar-refractivity contribution in [3.05, 3.63) is 63.6 Å². The predicted octanol–water partition coefficient (Wildman–Crippen LogP) is 5.68. The molecule has 0 bridgehead atoms. The van der Waals surface area contributed by atoms with Crippen molar-refractivity contribution in [2.75, 3.05) is 11.4 Å². The fourth-order valence-corrected chi connectivity index (χ4v) is 3.47. The molecule has 0 aliphatic carbocycles. The van der Waals surface area contributed by atoms with Crippen molar-refractivity contribution in [3.8, 4) is 0 Å². The summed E-state index contributed by atoms with van der Waals surface area (Å²) in [5, 5.41) is 1.24. The molecular weight excluding hydrogens is 301 g/mol. The summed E-state index contributed by atoms with van der Waals surface area (Å²) in [4.78, 5) is 2.44. The normalized spacial score (nSPS) is 20.7. The smallest absolute Gasteiger partial charge is 0.0595 e. The quantitative estimate of drug-likeness (QED) is 0.703. The molecule has 3 heteroatoms. The Bertz CT molecular complexity index is 668. The van der Waals surface area contributed by atoms with Crippen molar-refractivity contribution in [2.45, 2.75) is 32.2 Å². The van der Waals surface area contributed by atoms with Gasteiger partial charge in [0.25, 0.3) is 0 Å². The molecule has 0 N–H and O–H groups in total. The minimum atomic E-state index is 0.229. The largest absolute Gasteiger partial charge is 0.366 e. The average Bonchev–Trinajstić information content (AvgIpc) is 2.77. The van der Waals surface area contributed by atoms with Crippen LogP contribution in [0.25, 0.3) is 0 Å². The lowest BCUT2D eigenvalue weighted by Gasteiger charge is -2.25. The number of benzene rings is 2. The number of nitrogens with zero attached hydrogens (tertiary/aromatic N) is 1. The molecular formula is C18H19Cl2N. The van der Waals surface area contributed by atoms with Crippen molar-refractivity contribution in [3.63, 3.8) is 0 Å². The van der Waals surface area contributed by atoms with Crippen LogP contribution in [0.2, 0.25) is 10.0 Å². The zero-order chi connectivity index (χ0) is 15.0.